The molecule has 2 rings (SSSR count). The Balaban J connectivity index is 2.06. The van der Waals surface area contributed by atoms with Crippen molar-refractivity contribution in [2.24, 2.45) is 0 Å². The quantitative estimate of drug-likeness (QED) is 0.794. The summed E-state index contributed by atoms with van der Waals surface area (Å²) in [5, 5.41) is 12.2. The van der Waals surface area contributed by atoms with Crippen molar-refractivity contribution in [1.82, 2.24) is 14.7 Å². The van der Waals surface area contributed by atoms with Crippen molar-refractivity contribution in [3.8, 4) is 0 Å². The van der Waals surface area contributed by atoms with Gasteiger partial charge in [0.15, 0.2) is 0 Å². The van der Waals surface area contributed by atoms with E-state index < -0.39 is 0 Å². The van der Waals surface area contributed by atoms with Gasteiger partial charge in [0.2, 0.25) is 0 Å². The highest BCUT2D eigenvalue weighted by Crippen LogP contribution is 2.08. The van der Waals surface area contributed by atoms with Crippen LogP contribution in [0.1, 0.15) is 18.9 Å². The van der Waals surface area contributed by atoms with Gasteiger partial charge in [0.1, 0.15) is 5.65 Å². The Labute approximate surface area is 94.9 Å². The van der Waals surface area contributed by atoms with Crippen LogP contribution in [-0.2, 0) is 6.54 Å². The summed E-state index contributed by atoms with van der Waals surface area (Å²) < 4.78 is 2.01. The van der Waals surface area contributed by atoms with E-state index in [1.807, 2.05) is 22.9 Å². The van der Waals surface area contributed by atoms with Crippen LogP contribution in [0, 0.1) is 0 Å². The van der Waals surface area contributed by atoms with Crippen molar-refractivity contribution in [2.45, 2.75) is 25.9 Å². The molecule has 0 saturated heterocycles. The molecule has 2 aromatic rings. The molecule has 1 unspecified atom stereocenters. The average Bonchev–Trinajstić information content (AvgIpc) is 2.75. The van der Waals surface area contributed by atoms with Gasteiger partial charge in [-0.2, -0.15) is 0 Å². The Hall–Kier alpha value is -1.39. The molecule has 0 amide bonds. The minimum atomic E-state index is 0.224. The lowest BCUT2D eigenvalue weighted by Gasteiger charge is -2.12. The second kappa shape index (κ2) is 5.09. The molecule has 2 aromatic heterocycles. The van der Waals surface area contributed by atoms with E-state index in [1.54, 1.807) is 6.20 Å². The zero-order valence-electron chi connectivity index (χ0n) is 9.43. The number of pyridine rings is 1. The maximum Gasteiger partial charge on any atom is 0.141 e. The summed E-state index contributed by atoms with van der Waals surface area (Å²) in [5.74, 6) is 0. The predicted octanol–water partition coefficient (Wildman–Crippen LogP) is 1.19. The fraction of sp³-hybridized carbons (Fsp3) is 0.417. The molecule has 4 nitrogen and oxygen atoms in total. The van der Waals surface area contributed by atoms with E-state index in [2.05, 4.69) is 23.3 Å². The third kappa shape index (κ3) is 2.40. The normalized spacial score (nSPS) is 13.1. The molecule has 4 heteroatoms. The summed E-state index contributed by atoms with van der Waals surface area (Å²) in [4.78, 5) is 4.32. The number of hydrogen-bond acceptors (Lipinski definition) is 3. The first-order valence-corrected chi connectivity index (χ1v) is 5.56. The van der Waals surface area contributed by atoms with Gasteiger partial charge in [-0.1, -0.05) is 6.07 Å². The second-order valence-corrected chi connectivity index (χ2v) is 3.99. The van der Waals surface area contributed by atoms with E-state index in [1.165, 1.54) is 5.56 Å². The van der Waals surface area contributed by atoms with Gasteiger partial charge in [-0.05, 0) is 19.4 Å². The third-order valence-corrected chi connectivity index (χ3v) is 2.70. The molecule has 16 heavy (non-hydrogen) atoms. The van der Waals surface area contributed by atoms with Crippen LogP contribution in [0.25, 0.3) is 5.65 Å². The highest BCUT2D eigenvalue weighted by molar-refractivity contribution is 5.47. The number of aliphatic hydroxyl groups excluding tert-OH is 1. The van der Waals surface area contributed by atoms with Crippen LogP contribution in [0.15, 0.2) is 30.7 Å². The van der Waals surface area contributed by atoms with Gasteiger partial charge >= 0.3 is 0 Å². The highest BCUT2D eigenvalue weighted by atomic mass is 16.3. The molecule has 0 radical (unpaired) electrons. The largest absolute Gasteiger partial charge is 0.396 e. The summed E-state index contributed by atoms with van der Waals surface area (Å²) in [5.41, 5.74) is 2.17. The molecular weight excluding hydrogens is 202 g/mol. The van der Waals surface area contributed by atoms with Crippen molar-refractivity contribution in [3.05, 3.63) is 36.3 Å². The summed E-state index contributed by atoms with van der Waals surface area (Å²) in [6.45, 7) is 3.08. The number of aromatic nitrogens is 2. The van der Waals surface area contributed by atoms with E-state index in [4.69, 9.17) is 5.11 Å². The maximum absolute atomic E-state index is 8.82. The van der Waals surface area contributed by atoms with Crippen LogP contribution >= 0.6 is 0 Å². The Morgan fingerprint density at radius 1 is 1.50 bits per heavy atom. The van der Waals surface area contributed by atoms with Crippen LogP contribution in [0.3, 0.4) is 0 Å². The minimum Gasteiger partial charge on any atom is -0.396 e. The van der Waals surface area contributed by atoms with Crippen LogP contribution in [0.2, 0.25) is 0 Å². The van der Waals surface area contributed by atoms with Gasteiger partial charge in [0.05, 0.1) is 0 Å². The molecule has 1 atom stereocenters. The number of aliphatic hydroxyl groups is 1. The second-order valence-electron chi connectivity index (χ2n) is 3.99. The molecule has 0 aliphatic rings. The molecule has 2 N–H and O–H groups in total. The fourth-order valence-corrected chi connectivity index (χ4v) is 1.73. The molecule has 0 fully saturated rings. The number of hydrogen-bond donors (Lipinski definition) is 2. The third-order valence-electron chi connectivity index (χ3n) is 2.70. The standard InChI is InChI=1S/C12H17N3O/c1-10(4-8-16)14-9-11-3-2-6-15-7-5-13-12(11)15/h2-3,5-7,10,14,16H,4,8-9H2,1H3. The van der Waals surface area contributed by atoms with Gasteiger partial charge in [0, 0.05) is 43.3 Å². The number of fused-ring (bicyclic) bond motifs is 1. The van der Waals surface area contributed by atoms with Crippen LogP contribution in [0.4, 0.5) is 0 Å². The molecule has 0 aliphatic heterocycles. The van der Waals surface area contributed by atoms with Gasteiger partial charge in [-0.15, -0.1) is 0 Å². The number of rotatable bonds is 5. The number of nitrogens with zero attached hydrogens (tertiary/aromatic N) is 2. The topological polar surface area (TPSA) is 49.6 Å². The zero-order valence-corrected chi connectivity index (χ0v) is 9.43. The Morgan fingerprint density at radius 3 is 3.19 bits per heavy atom. The van der Waals surface area contributed by atoms with Crippen LogP contribution in [-0.4, -0.2) is 27.1 Å². The molecule has 0 bridgehead atoms. The van der Waals surface area contributed by atoms with Gasteiger partial charge < -0.3 is 14.8 Å². The summed E-state index contributed by atoms with van der Waals surface area (Å²) in [6.07, 6.45) is 6.51. The monoisotopic (exact) mass is 219 g/mol. The van der Waals surface area contributed by atoms with Crippen LogP contribution in [0.5, 0.6) is 0 Å². The molecular formula is C12H17N3O. The first-order valence-electron chi connectivity index (χ1n) is 5.56. The highest BCUT2D eigenvalue weighted by Gasteiger charge is 2.04. The molecule has 0 saturated carbocycles. The van der Waals surface area contributed by atoms with Gasteiger partial charge in [-0.3, -0.25) is 0 Å². The first kappa shape index (κ1) is 11.1. The lowest BCUT2D eigenvalue weighted by Crippen LogP contribution is -2.26. The van der Waals surface area contributed by atoms with Gasteiger partial charge in [0.25, 0.3) is 0 Å². The van der Waals surface area contributed by atoms with Crippen molar-refractivity contribution < 1.29 is 5.11 Å². The predicted molar refractivity (Wildman–Crippen MR) is 63.2 cm³/mol. The lowest BCUT2D eigenvalue weighted by atomic mass is 10.2. The van der Waals surface area contributed by atoms with E-state index in [9.17, 15) is 0 Å². The molecule has 0 aliphatic carbocycles. The van der Waals surface area contributed by atoms with E-state index in [0.717, 1.165) is 18.6 Å². The van der Waals surface area contributed by atoms with Crippen molar-refractivity contribution in [3.63, 3.8) is 0 Å². The molecule has 2 heterocycles. The number of imidazole rings is 1. The Bertz CT molecular complexity index is 452. The SMILES string of the molecule is CC(CCO)NCc1cccn2ccnc12. The Kier molecular flexibility index (Phi) is 3.54. The lowest BCUT2D eigenvalue weighted by molar-refractivity contribution is 0.268. The first-order chi connectivity index (χ1) is 7.81. The van der Waals surface area contributed by atoms with E-state index in [0.29, 0.717) is 6.04 Å². The van der Waals surface area contributed by atoms with Gasteiger partial charge in [-0.25, -0.2) is 4.98 Å². The van der Waals surface area contributed by atoms with Crippen molar-refractivity contribution in [2.75, 3.05) is 6.61 Å². The summed E-state index contributed by atoms with van der Waals surface area (Å²) in [6, 6.07) is 4.41. The maximum atomic E-state index is 8.82. The van der Waals surface area contributed by atoms with E-state index in [-0.39, 0.29) is 6.61 Å². The zero-order chi connectivity index (χ0) is 11.4. The van der Waals surface area contributed by atoms with Crippen molar-refractivity contribution in [1.29, 1.82) is 0 Å². The Morgan fingerprint density at radius 2 is 2.38 bits per heavy atom. The molecule has 86 valence electrons. The number of nitrogens with one attached hydrogen (secondary N) is 1. The molecule has 0 spiro atoms. The van der Waals surface area contributed by atoms with E-state index >= 15 is 0 Å². The van der Waals surface area contributed by atoms with Crippen LogP contribution < -0.4 is 5.32 Å². The summed E-state index contributed by atoms with van der Waals surface area (Å²) >= 11 is 0. The average molecular weight is 219 g/mol. The van der Waals surface area contributed by atoms with Crippen molar-refractivity contribution >= 4 is 5.65 Å². The molecule has 0 aromatic carbocycles. The minimum absolute atomic E-state index is 0.224. The summed E-state index contributed by atoms with van der Waals surface area (Å²) in [7, 11) is 0. The smallest absolute Gasteiger partial charge is 0.141 e. The fourth-order valence-electron chi connectivity index (χ4n) is 1.73.